The molecule has 0 bridgehead atoms. The Morgan fingerprint density at radius 1 is 1.11 bits per heavy atom. The molecule has 2 atom stereocenters. The number of carbonyl (C=O) groups is 1. The van der Waals surface area contributed by atoms with Gasteiger partial charge in [0.2, 0.25) is 10.0 Å². The van der Waals surface area contributed by atoms with Crippen LogP contribution >= 0.6 is 11.6 Å². The van der Waals surface area contributed by atoms with Crippen molar-refractivity contribution >= 4 is 27.5 Å². The van der Waals surface area contributed by atoms with E-state index in [1.165, 1.54) is 24.3 Å². The van der Waals surface area contributed by atoms with Gasteiger partial charge in [0.1, 0.15) is 0 Å². The summed E-state index contributed by atoms with van der Waals surface area (Å²) in [6.07, 6.45) is -1.93. The van der Waals surface area contributed by atoms with Gasteiger partial charge in [-0.05, 0) is 43.3 Å². The maximum Gasteiger partial charge on any atom is 0.251 e. The second-order valence-corrected chi connectivity index (χ2v) is 8.15. The van der Waals surface area contributed by atoms with Crippen LogP contribution in [0.25, 0.3) is 0 Å². The predicted octanol–water partition coefficient (Wildman–Crippen LogP) is 1.81. The second kappa shape index (κ2) is 10.5. The summed E-state index contributed by atoms with van der Waals surface area (Å²) in [4.78, 5) is 12.1. The molecule has 0 saturated carbocycles. The molecule has 0 spiro atoms. The molecule has 2 aromatic rings. The summed E-state index contributed by atoms with van der Waals surface area (Å²) >= 11 is 5.77. The van der Waals surface area contributed by atoms with Crippen LogP contribution in [0.15, 0.2) is 59.5 Å². The van der Waals surface area contributed by atoms with Gasteiger partial charge in [0.15, 0.2) is 0 Å². The topological polar surface area (TPSA) is 105 Å². The number of benzene rings is 2. The molecular formula is C19H23ClN2O5S. The minimum atomic E-state index is -3.79. The lowest BCUT2D eigenvalue weighted by Crippen LogP contribution is -2.46. The zero-order chi connectivity index (χ0) is 20.6. The highest BCUT2D eigenvalue weighted by atomic mass is 35.5. The molecule has 9 heteroatoms. The summed E-state index contributed by atoms with van der Waals surface area (Å²) in [5, 5.41) is 13.4. The number of aliphatic hydroxyl groups is 1. The van der Waals surface area contributed by atoms with E-state index in [1.54, 1.807) is 37.3 Å². The highest BCUT2D eigenvalue weighted by Gasteiger charge is 2.23. The summed E-state index contributed by atoms with van der Waals surface area (Å²) < 4.78 is 32.6. The lowest BCUT2D eigenvalue weighted by molar-refractivity contribution is -0.0269. The Labute approximate surface area is 169 Å². The maximum atomic E-state index is 12.4. The number of carbonyl (C=O) groups excluding carboxylic acids is 1. The van der Waals surface area contributed by atoms with Crippen LogP contribution in [0.2, 0.25) is 5.02 Å². The van der Waals surface area contributed by atoms with Crippen LogP contribution < -0.4 is 10.0 Å². The van der Waals surface area contributed by atoms with Gasteiger partial charge in [-0.15, -0.1) is 0 Å². The van der Waals surface area contributed by atoms with E-state index in [-0.39, 0.29) is 30.5 Å². The Hall–Kier alpha value is -1.97. The van der Waals surface area contributed by atoms with Crippen LogP contribution in [0, 0.1) is 0 Å². The summed E-state index contributed by atoms with van der Waals surface area (Å²) in [7, 11) is -3.79. The monoisotopic (exact) mass is 426 g/mol. The molecule has 1 amide bonds. The van der Waals surface area contributed by atoms with E-state index in [4.69, 9.17) is 16.3 Å². The highest BCUT2D eigenvalue weighted by molar-refractivity contribution is 7.89. The molecule has 0 aliphatic rings. The minimum Gasteiger partial charge on any atom is -0.389 e. The molecule has 7 nitrogen and oxygen atoms in total. The molecule has 0 heterocycles. The molecule has 0 aliphatic heterocycles. The number of ether oxygens (including phenoxy) is 1. The number of aliphatic hydroxyl groups excluding tert-OH is 1. The number of sulfonamides is 1. The van der Waals surface area contributed by atoms with Crippen molar-refractivity contribution in [3.8, 4) is 0 Å². The molecule has 0 unspecified atom stereocenters. The van der Waals surface area contributed by atoms with E-state index < -0.39 is 22.2 Å². The Balaban J connectivity index is 1.94. The van der Waals surface area contributed by atoms with Gasteiger partial charge in [0.25, 0.3) is 5.91 Å². The van der Waals surface area contributed by atoms with Crippen molar-refractivity contribution in [2.45, 2.75) is 24.0 Å². The molecule has 152 valence electrons. The van der Waals surface area contributed by atoms with E-state index in [9.17, 15) is 18.3 Å². The fourth-order valence-electron chi connectivity index (χ4n) is 2.43. The Kier molecular flexibility index (Phi) is 8.40. The third-order valence-electron chi connectivity index (χ3n) is 3.92. The van der Waals surface area contributed by atoms with E-state index in [0.717, 1.165) is 0 Å². The molecule has 2 rings (SSSR count). The zero-order valence-corrected chi connectivity index (χ0v) is 16.9. The standard InChI is InChI=1S/C19H23ClN2O5S/c1-2-27-18(13-22-28(25,26)16-10-8-15(20)9-11-16)17(23)12-21-19(24)14-6-4-3-5-7-14/h3-11,17-18,22-23H,2,12-13H2,1H3,(H,21,24)/t17-,18+/m0/s1. The average molecular weight is 427 g/mol. The highest BCUT2D eigenvalue weighted by Crippen LogP contribution is 2.14. The van der Waals surface area contributed by atoms with Crippen molar-refractivity contribution in [3.05, 3.63) is 65.2 Å². The normalized spacial score (nSPS) is 13.7. The van der Waals surface area contributed by atoms with Crippen LogP contribution in [0.4, 0.5) is 0 Å². The SMILES string of the molecule is CCO[C@H](CNS(=O)(=O)c1ccc(Cl)cc1)[C@@H](O)CNC(=O)c1ccccc1. The molecule has 28 heavy (non-hydrogen) atoms. The molecule has 0 radical (unpaired) electrons. The van der Waals surface area contributed by atoms with E-state index in [0.29, 0.717) is 10.6 Å². The van der Waals surface area contributed by atoms with Gasteiger partial charge < -0.3 is 15.2 Å². The van der Waals surface area contributed by atoms with Crippen molar-refractivity contribution in [3.63, 3.8) is 0 Å². The minimum absolute atomic E-state index is 0.0546. The smallest absolute Gasteiger partial charge is 0.251 e. The van der Waals surface area contributed by atoms with Crippen molar-refractivity contribution in [1.29, 1.82) is 0 Å². The number of rotatable bonds is 10. The third-order valence-corrected chi connectivity index (χ3v) is 5.61. The summed E-state index contributed by atoms with van der Waals surface area (Å²) in [6, 6.07) is 14.3. The van der Waals surface area contributed by atoms with Crippen LogP contribution in [-0.2, 0) is 14.8 Å². The number of hydrogen-bond donors (Lipinski definition) is 3. The van der Waals surface area contributed by atoms with Crippen molar-refractivity contribution in [2.24, 2.45) is 0 Å². The molecule has 2 aromatic carbocycles. The van der Waals surface area contributed by atoms with Crippen molar-refractivity contribution in [2.75, 3.05) is 19.7 Å². The fraction of sp³-hybridized carbons (Fsp3) is 0.316. The summed E-state index contributed by atoms with van der Waals surface area (Å²) in [5.74, 6) is -0.336. The third kappa shape index (κ3) is 6.57. The van der Waals surface area contributed by atoms with Gasteiger partial charge in [-0.3, -0.25) is 4.79 Å². The Morgan fingerprint density at radius 2 is 1.75 bits per heavy atom. The van der Waals surface area contributed by atoms with Crippen LogP contribution in [0.1, 0.15) is 17.3 Å². The van der Waals surface area contributed by atoms with Gasteiger partial charge in [-0.1, -0.05) is 29.8 Å². The quantitative estimate of drug-likeness (QED) is 0.537. The van der Waals surface area contributed by atoms with Crippen LogP contribution in [0.3, 0.4) is 0 Å². The summed E-state index contributed by atoms with van der Waals surface area (Å²) in [6.45, 7) is 1.77. The van der Waals surface area contributed by atoms with Gasteiger partial charge in [-0.2, -0.15) is 0 Å². The van der Waals surface area contributed by atoms with E-state index in [1.807, 2.05) is 0 Å². The molecule has 0 saturated heterocycles. The fourth-order valence-corrected chi connectivity index (χ4v) is 3.60. The van der Waals surface area contributed by atoms with Crippen LogP contribution in [0.5, 0.6) is 0 Å². The van der Waals surface area contributed by atoms with E-state index in [2.05, 4.69) is 10.0 Å². The Bertz CT molecular complexity index is 860. The van der Waals surface area contributed by atoms with Gasteiger partial charge >= 0.3 is 0 Å². The average Bonchev–Trinajstić information content (AvgIpc) is 2.70. The molecule has 0 aromatic heterocycles. The van der Waals surface area contributed by atoms with Crippen molar-refractivity contribution < 1.29 is 23.1 Å². The Morgan fingerprint density at radius 3 is 2.36 bits per heavy atom. The zero-order valence-electron chi connectivity index (χ0n) is 15.3. The maximum absolute atomic E-state index is 12.4. The largest absolute Gasteiger partial charge is 0.389 e. The number of halogens is 1. The van der Waals surface area contributed by atoms with Gasteiger partial charge in [-0.25, -0.2) is 13.1 Å². The van der Waals surface area contributed by atoms with Gasteiger partial charge in [0, 0.05) is 30.3 Å². The molecule has 0 fully saturated rings. The second-order valence-electron chi connectivity index (χ2n) is 5.94. The first-order valence-electron chi connectivity index (χ1n) is 8.71. The van der Waals surface area contributed by atoms with Crippen LogP contribution in [-0.4, -0.2) is 51.3 Å². The first kappa shape index (κ1) is 22.3. The van der Waals surface area contributed by atoms with Crippen molar-refractivity contribution in [1.82, 2.24) is 10.0 Å². The molecule has 3 N–H and O–H groups in total. The first-order chi connectivity index (χ1) is 13.3. The lowest BCUT2D eigenvalue weighted by atomic mass is 10.2. The van der Waals surface area contributed by atoms with E-state index >= 15 is 0 Å². The summed E-state index contributed by atoms with van der Waals surface area (Å²) in [5.41, 5.74) is 0.464. The number of hydrogen-bond acceptors (Lipinski definition) is 5. The lowest BCUT2D eigenvalue weighted by Gasteiger charge is -2.23. The predicted molar refractivity (Wildman–Crippen MR) is 107 cm³/mol. The molecule has 0 aliphatic carbocycles. The molecular weight excluding hydrogens is 404 g/mol. The number of nitrogens with one attached hydrogen (secondary N) is 2. The van der Waals surface area contributed by atoms with Gasteiger partial charge in [0.05, 0.1) is 17.1 Å². The first-order valence-corrected chi connectivity index (χ1v) is 10.6. The number of amides is 1.